The van der Waals surface area contributed by atoms with Gasteiger partial charge in [0.05, 0.1) is 35.5 Å². The van der Waals surface area contributed by atoms with Gasteiger partial charge in [0.1, 0.15) is 24.5 Å². The van der Waals surface area contributed by atoms with Gasteiger partial charge in [0, 0.05) is 39.0 Å². The van der Waals surface area contributed by atoms with Crippen LogP contribution in [0.3, 0.4) is 0 Å². The van der Waals surface area contributed by atoms with E-state index in [9.17, 15) is 4.79 Å². The molecule has 0 saturated carbocycles. The average molecular weight is 564 g/mol. The van der Waals surface area contributed by atoms with E-state index in [1.807, 2.05) is 47.2 Å². The first-order valence-electron chi connectivity index (χ1n) is 13.2. The summed E-state index contributed by atoms with van der Waals surface area (Å²) in [4.78, 5) is 21.9. The van der Waals surface area contributed by atoms with E-state index in [0.29, 0.717) is 11.6 Å². The zero-order valence-electron chi connectivity index (χ0n) is 21.7. The van der Waals surface area contributed by atoms with Crippen LogP contribution >= 0.6 is 11.6 Å². The van der Waals surface area contributed by atoms with Gasteiger partial charge in [-0.05, 0) is 64.7 Å². The maximum atomic E-state index is 13.6. The third-order valence-corrected chi connectivity index (χ3v) is 8.14. The quantitative estimate of drug-likeness (QED) is 0.320. The number of hydrogen-bond donors (Lipinski definition) is 2. The number of ether oxygens (including phenoxy) is 1. The molecule has 11 nitrogen and oxygen atoms in total. The lowest BCUT2D eigenvalue weighted by Gasteiger charge is -2.18. The summed E-state index contributed by atoms with van der Waals surface area (Å²) in [5.74, 6) is 1.69. The fourth-order valence-corrected chi connectivity index (χ4v) is 6.19. The van der Waals surface area contributed by atoms with E-state index in [2.05, 4.69) is 37.6 Å². The van der Waals surface area contributed by atoms with Crippen molar-refractivity contribution in [1.29, 1.82) is 0 Å². The number of tetrazole rings is 1. The molecule has 0 bridgehead atoms. The van der Waals surface area contributed by atoms with Crippen LogP contribution in [0.2, 0.25) is 5.02 Å². The van der Waals surface area contributed by atoms with Crippen molar-refractivity contribution < 1.29 is 4.74 Å². The molecule has 0 aliphatic carbocycles. The number of aromatic amines is 2. The first-order chi connectivity index (χ1) is 20.0. The number of halogens is 1. The monoisotopic (exact) mass is 563 g/mol. The van der Waals surface area contributed by atoms with Crippen molar-refractivity contribution in [2.75, 3.05) is 0 Å². The average Bonchev–Trinajstić information content (AvgIpc) is 3.79. The molecule has 41 heavy (non-hydrogen) atoms. The van der Waals surface area contributed by atoms with E-state index in [-0.39, 0.29) is 17.5 Å². The minimum absolute atomic E-state index is 0.106. The zero-order chi connectivity index (χ0) is 27.7. The van der Waals surface area contributed by atoms with Crippen molar-refractivity contribution in [3.63, 3.8) is 0 Å². The number of aromatic nitrogens is 9. The fourth-order valence-electron chi connectivity index (χ4n) is 6.02. The van der Waals surface area contributed by atoms with Crippen LogP contribution in [0.1, 0.15) is 30.0 Å². The molecule has 2 atom stereocenters. The van der Waals surface area contributed by atoms with Gasteiger partial charge in [-0.2, -0.15) is 9.78 Å². The highest BCUT2D eigenvalue weighted by Crippen LogP contribution is 2.40. The number of nitrogens with zero attached hydrogens (tertiary/aromatic N) is 7. The van der Waals surface area contributed by atoms with E-state index < -0.39 is 0 Å². The van der Waals surface area contributed by atoms with Crippen LogP contribution in [0.25, 0.3) is 39.3 Å². The molecule has 2 N–H and O–H groups in total. The second kappa shape index (κ2) is 9.00. The molecule has 6 heterocycles. The highest BCUT2D eigenvalue weighted by Gasteiger charge is 2.34. The smallest absolute Gasteiger partial charge is 0.252 e. The summed E-state index contributed by atoms with van der Waals surface area (Å²) in [6.07, 6.45) is 5.85. The van der Waals surface area contributed by atoms with E-state index in [0.717, 1.165) is 68.6 Å². The summed E-state index contributed by atoms with van der Waals surface area (Å²) >= 11 is 6.35. The Morgan fingerprint density at radius 1 is 1.05 bits per heavy atom. The summed E-state index contributed by atoms with van der Waals surface area (Å²) in [7, 11) is 0. The van der Waals surface area contributed by atoms with Crippen molar-refractivity contribution in [1.82, 2.24) is 44.9 Å². The van der Waals surface area contributed by atoms with Crippen LogP contribution in [-0.2, 0) is 13.0 Å². The maximum absolute atomic E-state index is 13.6. The van der Waals surface area contributed by atoms with Gasteiger partial charge < -0.3 is 14.3 Å². The number of imidazole rings is 1. The van der Waals surface area contributed by atoms with Crippen molar-refractivity contribution >= 4 is 11.6 Å². The van der Waals surface area contributed by atoms with E-state index in [1.54, 1.807) is 23.0 Å². The molecular formula is C29H22ClN9O2. The third kappa shape index (κ3) is 3.80. The summed E-state index contributed by atoms with van der Waals surface area (Å²) < 4.78 is 9.39. The van der Waals surface area contributed by atoms with Crippen LogP contribution < -0.4 is 10.3 Å². The Hall–Kier alpha value is -5.03. The molecular weight excluding hydrogens is 542 g/mol. The van der Waals surface area contributed by atoms with Crippen LogP contribution in [-0.4, -0.2) is 44.9 Å². The van der Waals surface area contributed by atoms with Crippen LogP contribution in [0.15, 0.2) is 72.0 Å². The summed E-state index contributed by atoms with van der Waals surface area (Å²) in [5.41, 5.74) is 7.92. The normalized spacial score (nSPS) is 17.1. The number of hydrogen-bond acceptors (Lipinski definition) is 7. The van der Waals surface area contributed by atoms with Crippen LogP contribution in [0.4, 0.5) is 0 Å². The van der Waals surface area contributed by atoms with Gasteiger partial charge in [-0.3, -0.25) is 9.89 Å². The van der Waals surface area contributed by atoms with Gasteiger partial charge in [0.2, 0.25) is 0 Å². The molecule has 0 spiro atoms. The van der Waals surface area contributed by atoms with E-state index in [1.165, 1.54) is 6.33 Å². The number of H-pyrrole nitrogens is 2. The molecule has 0 radical (unpaired) electrons. The topological polar surface area (TPSA) is 132 Å². The minimum Gasteiger partial charge on any atom is -0.488 e. The molecule has 0 saturated heterocycles. The lowest BCUT2D eigenvalue weighted by atomic mass is 10.00. The molecule has 6 aromatic rings. The molecule has 0 unspecified atom stereocenters. The largest absolute Gasteiger partial charge is 0.488 e. The number of rotatable bonds is 4. The first kappa shape index (κ1) is 23.8. The third-order valence-electron chi connectivity index (χ3n) is 7.90. The van der Waals surface area contributed by atoms with Crippen molar-refractivity contribution in [3.8, 4) is 45.1 Å². The molecule has 2 aromatic carbocycles. The van der Waals surface area contributed by atoms with Gasteiger partial charge in [-0.15, -0.1) is 5.10 Å². The second-order valence-corrected chi connectivity index (χ2v) is 10.9. The Kier molecular flexibility index (Phi) is 5.23. The molecule has 202 valence electrons. The minimum atomic E-state index is -0.222. The lowest BCUT2D eigenvalue weighted by Crippen LogP contribution is -2.25. The number of nitrogens with one attached hydrogen (secondary N) is 2. The van der Waals surface area contributed by atoms with Gasteiger partial charge in [0.15, 0.2) is 0 Å². The maximum Gasteiger partial charge on any atom is 0.252 e. The van der Waals surface area contributed by atoms with E-state index in [4.69, 9.17) is 21.3 Å². The number of pyridine rings is 1. The van der Waals surface area contributed by atoms with Gasteiger partial charge in [0.25, 0.3) is 5.56 Å². The standard InChI is InChI=1S/C29H22ClN9O2/c1-15-6-20-7-17(22-10-19(30)3-5-24(22)38-14-33-36-37-38)9-26(40)39(20)28(15)29-31-12-23(34-29)16-2-4-21-25(8-16)41-13-18-11-32-35-27(18)21/h2-5,7-12,14-15,28H,6,13H2,1H3,(H,31,34)(H,32,35)/t15-,28-/m0/s1. The van der Waals surface area contributed by atoms with Gasteiger partial charge in [-0.1, -0.05) is 24.6 Å². The summed E-state index contributed by atoms with van der Waals surface area (Å²) in [6.45, 7) is 2.61. The lowest BCUT2D eigenvalue weighted by molar-refractivity contribution is 0.302. The number of fused-ring (bicyclic) bond motifs is 4. The Bertz CT molecular complexity index is 2010. The zero-order valence-corrected chi connectivity index (χ0v) is 22.5. The molecule has 8 rings (SSSR count). The second-order valence-electron chi connectivity index (χ2n) is 10.4. The molecule has 2 aliphatic rings. The Morgan fingerprint density at radius 3 is 2.85 bits per heavy atom. The SMILES string of the molecule is C[C@H]1Cc2cc(-c3cc(Cl)ccc3-n3cnnn3)cc(=O)n2[C@@H]1c1ncc(-c2ccc3c(c2)OCc2cn[nH]c2-3)[nH]1. The van der Waals surface area contributed by atoms with Crippen LogP contribution in [0.5, 0.6) is 5.75 Å². The Labute approximate surface area is 237 Å². The molecule has 12 heteroatoms. The molecule has 0 fully saturated rings. The van der Waals surface area contributed by atoms with Crippen molar-refractivity contribution in [2.45, 2.75) is 26.0 Å². The van der Waals surface area contributed by atoms with Crippen LogP contribution in [0, 0.1) is 5.92 Å². The van der Waals surface area contributed by atoms with Crippen molar-refractivity contribution in [2.24, 2.45) is 5.92 Å². The first-order valence-corrected chi connectivity index (χ1v) is 13.5. The number of benzene rings is 2. The molecule has 4 aromatic heterocycles. The summed E-state index contributed by atoms with van der Waals surface area (Å²) in [6, 6.07) is 15.0. The summed E-state index contributed by atoms with van der Waals surface area (Å²) in [5, 5.41) is 19.3. The fraction of sp³-hybridized carbons (Fsp3) is 0.172. The highest BCUT2D eigenvalue weighted by atomic mass is 35.5. The predicted molar refractivity (Wildman–Crippen MR) is 151 cm³/mol. The Balaban J connectivity index is 1.15. The Morgan fingerprint density at radius 2 is 1.98 bits per heavy atom. The highest BCUT2D eigenvalue weighted by molar-refractivity contribution is 6.31. The molecule has 2 aliphatic heterocycles. The predicted octanol–water partition coefficient (Wildman–Crippen LogP) is 4.60. The van der Waals surface area contributed by atoms with Crippen molar-refractivity contribution in [3.05, 3.63) is 99.7 Å². The van der Waals surface area contributed by atoms with E-state index >= 15 is 0 Å². The molecule has 0 amide bonds. The van der Waals surface area contributed by atoms with Gasteiger partial charge in [-0.25, -0.2) is 4.98 Å². The van der Waals surface area contributed by atoms with Gasteiger partial charge >= 0.3 is 0 Å².